The van der Waals surface area contributed by atoms with Crippen molar-refractivity contribution in [3.05, 3.63) is 53.3 Å². The third kappa shape index (κ3) is 7.17. The number of hydrogen-bond acceptors (Lipinski definition) is 7. The Kier molecular flexibility index (Phi) is 9.02. The van der Waals surface area contributed by atoms with Gasteiger partial charge in [-0.15, -0.1) is 0 Å². The maximum absolute atomic E-state index is 13.0. The van der Waals surface area contributed by atoms with Gasteiger partial charge in [0.2, 0.25) is 10.0 Å². The Morgan fingerprint density at radius 2 is 1.78 bits per heavy atom. The third-order valence-electron chi connectivity index (χ3n) is 5.93. The fourth-order valence-electron chi connectivity index (χ4n) is 3.97. The van der Waals surface area contributed by atoms with Crippen molar-refractivity contribution >= 4 is 20.1 Å². The van der Waals surface area contributed by atoms with Gasteiger partial charge in [-0.05, 0) is 62.3 Å². The molecule has 1 saturated heterocycles. The number of ether oxygens (including phenoxy) is 1. The van der Waals surface area contributed by atoms with Crippen LogP contribution in [0.5, 0.6) is 5.75 Å². The van der Waals surface area contributed by atoms with Crippen LogP contribution in [-0.4, -0.2) is 58.2 Å². The molecule has 0 amide bonds. The molecule has 0 atom stereocenters. The lowest BCUT2D eigenvalue weighted by molar-refractivity contribution is -0.137. The predicted molar refractivity (Wildman–Crippen MR) is 127 cm³/mol. The number of sulfonamides is 1. The summed E-state index contributed by atoms with van der Waals surface area (Å²) in [5.74, 6) is -0.0415. The van der Waals surface area contributed by atoms with Gasteiger partial charge in [0.1, 0.15) is 5.75 Å². The van der Waals surface area contributed by atoms with Crippen molar-refractivity contribution in [2.45, 2.75) is 50.1 Å². The molecule has 3 rings (SSSR count). The van der Waals surface area contributed by atoms with Gasteiger partial charge < -0.3 is 4.74 Å². The first-order chi connectivity index (χ1) is 16.8. The van der Waals surface area contributed by atoms with Crippen LogP contribution < -0.4 is 4.74 Å². The fourth-order valence-corrected chi connectivity index (χ4v) is 6.41. The molecule has 13 heteroatoms. The standard InChI is InChI=1S/C23H29F3N2O6S2/c1-3-34-36(31,32)21-6-5-17(2)22(14-21)33-11-4-12-35(29,30)28-9-7-18(8-10-28)19-13-20(16-27-15-19)23(24,25)26/h5-6,13-16,18H,3-4,7-12H2,1-2H3. The minimum absolute atomic E-state index is 0.00165. The zero-order valence-electron chi connectivity index (χ0n) is 20.0. The van der Waals surface area contributed by atoms with E-state index >= 15 is 0 Å². The van der Waals surface area contributed by atoms with Gasteiger partial charge in [0, 0.05) is 31.5 Å². The predicted octanol–water partition coefficient (Wildman–Crippen LogP) is 4.11. The van der Waals surface area contributed by atoms with E-state index in [9.17, 15) is 30.0 Å². The first-order valence-corrected chi connectivity index (χ1v) is 14.5. The topological polar surface area (TPSA) is 103 Å². The second-order valence-electron chi connectivity index (χ2n) is 8.48. The molecule has 2 aromatic rings. The van der Waals surface area contributed by atoms with E-state index in [1.165, 1.54) is 22.6 Å². The van der Waals surface area contributed by atoms with Crippen LogP contribution in [0, 0.1) is 6.92 Å². The Morgan fingerprint density at radius 1 is 1.08 bits per heavy atom. The monoisotopic (exact) mass is 550 g/mol. The van der Waals surface area contributed by atoms with Crippen molar-refractivity contribution in [3.8, 4) is 5.75 Å². The molecule has 1 fully saturated rings. The summed E-state index contributed by atoms with van der Waals surface area (Å²) in [6.45, 7) is 3.78. The molecule has 1 aromatic heterocycles. The number of pyridine rings is 1. The molecule has 1 aromatic carbocycles. The van der Waals surface area contributed by atoms with Crippen LogP contribution >= 0.6 is 0 Å². The van der Waals surface area contributed by atoms with Crippen LogP contribution in [0.3, 0.4) is 0 Å². The molecule has 0 N–H and O–H groups in total. The molecule has 2 heterocycles. The van der Waals surface area contributed by atoms with Crippen molar-refractivity contribution in [1.29, 1.82) is 0 Å². The molecule has 0 unspecified atom stereocenters. The number of halogens is 3. The Morgan fingerprint density at radius 3 is 2.42 bits per heavy atom. The molecule has 0 spiro atoms. The summed E-state index contributed by atoms with van der Waals surface area (Å²) >= 11 is 0. The van der Waals surface area contributed by atoms with Gasteiger partial charge in [0.15, 0.2) is 0 Å². The highest BCUT2D eigenvalue weighted by Gasteiger charge is 2.33. The van der Waals surface area contributed by atoms with E-state index in [4.69, 9.17) is 8.92 Å². The second-order valence-corrected chi connectivity index (χ2v) is 12.2. The highest BCUT2D eigenvalue weighted by Crippen LogP contribution is 2.34. The number of aryl methyl sites for hydroxylation is 1. The summed E-state index contributed by atoms with van der Waals surface area (Å²) in [5, 5.41) is 0. The van der Waals surface area contributed by atoms with Gasteiger partial charge >= 0.3 is 6.18 Å². The van der Waals surface area contributed by atoms with Gasteiger partial charge in [-0.1, -0.05) is 6.07 Å². The molecule has 1 aliphatic rings. The Bertz CT molecular complexity index is 1260. The Labute approximate surface area is 209 Å². The summed E-state index contributed by atoms with van der Waals surface area (Å²) in [6.07, 6.45) is -1.31. The number of nitrogens with zero attached hydrogens (tertiary/aromatic N) is 2. The van der Waals surface area contributed by atoms with E-state index in [0.717, 1.165) is 12.3 Å². The van der Waals surface area contributed by atoms with Crippen molar-refractivity contribution < 1.29 is 38.9 Å². The molecule has 8 nitrogen and oxygen atoms in total. The van der Waals surface area contributed by atoms with Gasteiger partial charge in [0.25, 0.3) is 10.1 Å². The van der Waals surface area contributed by atoms with Crippen molar-refractivity contribution in [2.24, 2.45) is 0 Å². The Hall–Kier alpha value is -2.22. The minimum atomic E-state index is -4.48. The first kappa shape index (κ1) is 28.4. The SMILES string of the molecule is CCOS(=O)(=O)c1ccc(C)c(OCCCS(=O)(=O)N2CCC(c3cncc(C(F)(F)F)c3)CC2)c1. The van der Waals surface area contributed by atoms with E-state index in [2.05, 4.69) is 4.98 Å². The maximum Gasteiger partial charge on any atom is 0.417 e. The zero-order valence-corrected chi connectivity index (χ0v) is 21.6. The van der Waals surface area contributed by atoms with Crippen LogP contribution in [-0.2, 0) is 30.5 Å². The van der Waals surface area contributed by atoms with E-state index in [-0.39, 0.29) is 49.3 Å². The van der Waals surface area contributed by atoms with E-state index in [1.807, 2.05) is 0 Å². The number of alkyl halides is 3. The fraction of sp³-hybridized carbons (Fsp3) is 0.522. The highest BCUT2D eigenvalue weighted by atomic mass is 32.2. The second kappa shape index (κ2) is 11.4. The summed E-state index contributed by atoms with van der Waals surface area (Å²) < 4.78 is 100. The highest BCUT2D eigenvalue weighted by molar-refractivity contribution is 7.89. The largest absolute Gasteiger partial charge is 0.493 e. The molecule has 1 aliphatic heterocycles. The van der Waals surface area contributed by atoms with E-state index in [1.54, 1.807) is 19.9 Å². The summed E-state index contributed by atoms with van der Waals surface area (Å²) in [7, 11) is -7.48. The molecular weight excluding hydrogens is 521 g/mol. The summed E-state index contributed by atoms with van der Waals surface area (Å²) in [4.78, 5) is 3.65. The number of benzene rings is 1. The van der Waals surface area contributed by atoms with Crippen LogP contribution in [0.25, 0.3) is 0 Å². The molecule has 200 valence electrons. The van der Waals surface area contributed by atoms with Crippen LogP contribution in [0.4, 0.5) is 13.2 Å². The number of hydrogen-bond donors (Lipinski definition) is 0. The quantitative estimate of drug-likeness (QED) is 0.324. The zero-order chi connectivity index (χ0) is 26.6. The molecule has 36 heavy (non-hydrogen) atoms. The van der Waals surface area contributed by atoms with Crippen LogP contribution in [0.2, 0.25) is 0 Å². The average Bonchev–Trinajstić information content (AvgIpc) is 2.82. The number of piperidine rings is 1. The first-order valence-electron chi connectivity index (χ1n) is 11.5. The van der Waals surface area contributed by atoms with Crippen molar-refractivity contribution in [2.75, 3.05) is 32.1 Å². The molecular formula is C23H29F3N2O6S2. The maximum atomic E-state index is 13.0. The lowest BCUT2D eigenvalue weighted by Gasteiger charge is -2.31. The van der Waals surface area contributed by atoms with Gasteiger partial charge in [0.05, 0.1) is 29.4 Å². The Balaban J connectivity index is 1.52. The lowest BCUT2D eigenvalue weighted by Crippen LogP contribution is -2.39. The summed E-state index contributed by atoms with van der Waals surface area (Å²) in [5.41, 5.74) is 0.338. The normalized spacial score (nSPS) is 16.2. The average molecular weight is 551 g/mol. The van der Waals surface area contributed by atoms with Gasteiger partial charge in [-0.3, -0.25) is 9.17 Å². The van der Waals surface area contributed by atoms with E-state index in [0.29, 0.717) is 29.7 Å². The minimum Gasteiger partial charge on any atom is -0.493 e. The lowest BCUT2D eigenvalue weighted by atomic mass is 9.90. The number of aromatic nitrogens is 1. The molecule has 0 radical (unpaired) electrons. The van der Waals surface area contributed by atoms with Crippen LogP contribution in [0.15, 0.2) is 41.6 Å². The van der Waals surface area contributed by atoms with E-state index < -0.39 is 31.9 Å². The third-order valence-corrected chi connectivity index (χ3v) is 9.26. The molecule has 0 aliphatic carbocycles. The smallest absolute Gasteiger partial charge is 0.417 e. The molecule has 0 saturated carbocycles. The van der Waals surface area contributed by atoms with Gasteiger partial charge in [-0.2, -0.15) is 21.6 Å². The van der Waals surface area contributed by atoms with Crippen molar-refractivity contribution in [3.63, 3.8) is 0 Å². The number of rotatable bonds is 10. The summed E-state index contributed by atoms with van der Waals surface area (Å²) in [6, 6.07) is 5.43. The molecule has 0 bridgehead atoms. The van der Waals surface area contributed by atoms with Gasteiger partial charge in [-0.25, -0.2) is 12.7 Å². The van der Waals surface area contributed by atoms with Crippen molar-refractivity contribution in [1.82, 2.24) is 9.29 Å². The van der Waals surface area contributed by atoms with Crippen LogP contribution in [0.1, 0.15) is 48.8 Å².